The summed E-state index contributed by atoms with van der Waals surface area (Å²) in [5.74, 6) is 6.29. The monoisotopic (exact) mass is 236 g/mol. The maximum Gasteiger partial charge on any atom is 0.245 e. The summed E-state index contributed by atoms with van der Waals surface area (Å²) in [6, 6.07) is 1.77. The Bertz CT molecular complexity index is 433. The van der Waals surface area contributed by atoms with Crippen molar-refractivity contribution in [3.63, 3.8) is 0 Å². The van der Waals surface area contributed by atoms with E-state index in [-0.39, 0.29) is 5.91 Å². The van der Waals surface area contributed by atoms with Crippen molar-refractivity contribution in [2.45, 2.75) is 19.4 Å². The summed E-state index contributed by atoms with van der Waals surface area (Å²) in [6.45, 7) is 5.04. The highest BCUT2D eigenvalue weighted by Crippen LogP contribution is 2.24. The third-order valence-corrected chi connectivity index (χ3v) is 2.90. The Morgan fingerprint density at radius 3 is 3.06 bits per heavy atom. The Morgan fingerprint density at radius 2 is 2.35 bits per heavy atom. The summed E-state index contributed by atoms with van der Waals surface area (Å²) in [7, 11) is 0. The van der Waals surface area contributed by atoms with Crippen molar-refractivity contribution >= 4 is 17.7 Å². The molecule has 0 bridgehead atoms. The first-order chi connectivity index (χ1) is 8.05. The van der Waals surface area contributed by atoms with Gasteiger partial charge in [-0.05, 0) is 19.9 Å². The lowest BCUT2D eigenvalue weighted by atomic mass is 9.99. The minimum atomic E-state index is -0.627. The SMILES string of the molecule is CC1(C)C(=O)NCCN1c1ccnc(NN)n1. The molecule has 1 aliphatic heterocycles. The van der Waals surface area contributed by atoms with Gasteiger partial charge in [0.1, 0.15) is 11.4 Å². The molecule has 4 N–H and O–H groups in total. The maximum absolute atomic E-state index is 11.8. The van der Waals surface area contributed by atoms with Crippen LogP contribution in [0.1, 0.15) is 13.8 Å². The topological polar surface area (TPSA) is 96.2 Å². The molecule has 0 aromatic carbocycles. The highest BCUT2D eigenvalue weighted by molar-refractivity contribution is 5.90. The second-order valence-corrected chi connectivity index (χ2v) is 4.35. The van der Waals surface area contributed by atoms with Gasteiger partial charge in [-0.3, -0.25) is 10.2 Å². The van der Waals surface area contributed by atoms with Gasteiger partial charge in [0, 0.05) is 19.3 Å². The van der Waals surface area contributed by atoms with Gasteiger partial charge < -0.3 is 10.2 Å². The van der Waals surface area contributed by atoms with Crippen molar-refractivity contribution in [2.24, 2.45) is 5.84 Å². The Balaban J connectivity index is 2.34. The fourth-order valence-electron chi connectivity index (χ4n) is 1.87. The van der Waals surface area contributed by atoms with E-state index in [9.17, 15) is 4.79 Å². The predicted molar refractivity (Wildman–Crippen MR) is 64.3 cm³/mol. The van der Waals surface area contributed by atoms with Crippen LogP contribution in [0.25, 0.3) is 0 Å². The highest BCUT2D eigenvalue weighted by Gasteiger charge is 2.38. The third kappa shape index (κ3) is 2.01. The van der Waals surface area contributed by atoms with E-state index >= 15 is 0 Å². The molecule has 0 aliphatic carbocycles. The molecular weight excluding hydrogens is 220 g/mol. The number of nitrogen functional groups attached to an aromatic ring is 1. The molecule has 2 rings (SSSR count). The number of nitrogens with two attached hydrogens (primary N) is 1. The molecule has 92 valence electrons. The van der Waals surface area contributed by atoms with Crippen LogP contribution in [0.3, 0.4) is 0 Å². The molecule has 0 unspecified atom stereocenters. The second-order valence-electron chi connectivity index (χ2n) is 4.35. The number of amides is 1. The fraction of sp³-hybridized carbons (Fsp3) is 0.500. The van der Waals surface area contributed by atoms with Crippen molar-refractivity contribution in [2.75, 3.05) is 23.4 Å². The second kappa shape index (κ2) is 4.17. The van der Waals surface area contributed by atoms with Crippen LogP contribution in [0.4, 0.5) is 11.8 Å². The van der Waals surface area contributed by atoms with Crippen LogP contribution >= 0.6 is 0 Å². The smallest absolute Gasteiger partial charge is 0.245 e. The van der Waals surface area contributed by atoms with Crippen LogP contribution in [0.15, 0.2) is 12.3 Å². The summed E-state index contributed by atoms with van der Waals surface area (Å²) in [5, 5.41) is 2.84. The van der Waals surface area contributed by atoms with E-state index in [0.717, 1.165) is 0 Å². The Kier molecular flexibility index (Phi) is 2.84. The van der Waals surface area contributed by atoms with Gasteiger partial charge in [-0.2, -0.15) is 4.98 Å². The minimum Gasteiger partial charge on any atom is -0.352 e. The third-order valence-electron chi connectivity index (χ3n) is 2.90. The number of carbonyl (C=O) groups is 1. The molecule has 1 aromatic heterocycles. The molecule has 1 aromatic rings. The van der Waals surface area contributed by atoms with E-state index in [0.29, 0.717) is 24.9 Å². The molecule has 0 atom stereocenters. The number of nitrogens with zero attached hydrogens (tertiary/aromatic N) is 3. The van der Waals surface area contributed by atoms with E-state index < -0.39 is 5.54 Å². The lowest BCUT2D eigenvalue weighted by Gasteiger charge is -2.41. The Labute approximate surface area is 99.4 Å². The van der Waals surface area contributed by atoms with Gasteiger partial charge in [0.15, 0.2) is 0 Å². The number of piperazine rings is 1. The van der Waals surface area contributed by atoms with Crippen LogP contribution in [0.2, 0.25) is 0 Å². The summed E-state index contributed by atoms with van der Waals surface area (Å²) in [6.07, 6.45) is 1.61. The van der Waals surface area contributed by atoms with Gasteiger partial charge in [-0.15, -0.1) is 0 Å². The van der Waals surface area contributed by atoms with Crippen LogP contribution in [-0.4, -0.2) is 34.5 Å². The van der Waals surface area contributed by atoms with E-state index in [1.165, 1.54) is 0 Å². The lowest BCUT2D eigenvalue weighted by molar-refractivity contribution is -0.126. The van der Waals surface area contributed by atoms with Crippen LogP contribution in [-0.2, 0) is 4.79 Å². The largest absolute Gasteiger partial charge is 0.352 e. The minimum absolute atomic E-state index is 0.00961. The van der Waals surface area contributed by atoms with Crippen molar-refractivity contribution in [1.82, 2.24) is 15.3 Å². The zero-order chi connectivity index (χ0) is 12.5. The van der Waals surface area contributed by atoms with Gasteiger partial charge in [-0.1, -0.05) is 0 Å². The first-order valence-corrected chi connectivity index (χ1v) is 5.41. The molecule has 17 heavy (non-hydrogen) atoms. The maximum atomic E-state index is 11.8. The number of hydrogen-bond acceptors (Lipinski definition) is 6. The summed E-state index contributed by atoms with van der Waals surface area (Å²) in [5.41, 5.74) is 1.77. The number of hydrogen-bond donors (Lipinski definition) is 3. The zero-order valence-electron chi connectivity index (χ0n) is 9.90. The Hall–Kier alpha value is -1.89. The van der Waals surface area contributed by atoms with E-state index in [1.54, 1.807) is 12.3 Å². The number of nitrogens with one attached hydrogen (secondary N) is 2. The number of rotatable bonds is 2. The first kappa shape index (κ1) is 11.6. The van der Waals surface area contributed by atoms with Crippen LogP contribution in [0, 0.1) is 0 Å². The highest BCUT2D eigenvalue weighted by atomic mass is 16.2. The zero-order valence-corrected chi connectivity index (χ0v) is 9.90. The molecule has 0 radical (unpaired) electrons. The Morgan fingerprint density at radius 1 is 1.59 bits per heavy atom. The molecule has 1 aliphatic rings. The van der Waals surface area contributed by atoms with E-state index in [4.69, 9.17) is 5.84 Å². The number of anilines is 2. The fourth-order valence-corrected chi connectivity index (χ4v) is 1.87. The van der Waals surface area contributed by atoms with Gasteiger partial charge in [0.05, 0.1) is 0 Å². The average Bonchev–Trinajstić information content (AvgIpc) is 2.32. The molecular formula is C10H16N6O. The van der Waals surface area contributed by atoms with Gasteiger partial charge in [0.25, 0.3) is 0 Å². The lowest BCUT2D eigenvalue weighted by Crippen LogP contribution is -2.62. The van der Waals surface area contributed by atoms with Crippen molar-refractivity contribution in [3.8, 4) is 0 Å². The molecule has 0 saturated carbocycles. The molecule has 1 fully saturated rings. The quantitative estimate of drug-likeness (QED) is 0.472. The standard InChI is InChI=1S/C10H16N6O/c1-10(2)8(17)12-5-6-16(10)7-3-4-13-9(14-7)15-11/h3-4H,5-6,11H2,1-2H3,(H,12,17)(H,13,14,15). The van der Waals surface area contributed by atoms with Crippen LogP contribution < -0.4 is 21.5 Å². The predicted octanol–water partition coefficient (Wildman–Crippen LogP) is -0.523. The molecule has 1 saturated heterocycles. The van der Waals surface area contributed by atoms with Crippen LogP contribution in [0.5, 0.6) is 0 Å². The summed E-state index contributed by atoms with van der Waals surface area (Å²) in [4.78, 5) is 21.9. The van der Waals surface area contributed by atoms with Gasteiger partial charge in [0.2, 0.25) is 11.9 Å². The normalized spacial score (nSPS) is 18.8. The molecule has 0 spiro atoms. The first-order valence-electron chi connectivity index (χ1n) is 5.41. The number of carbonyl (C=O) groups excluding carboxylic acids is 1. The van der Waals surface area contributed by atoms with Crippen molar-refractivity contribution in [3.05, 3.63) is 12.3 Å². The molecule has 1 amide bonds. The van der Waals surface area contributed by atoms with Gasteiger partial charge >= 0.3 is 0 Å². The molecule has 7 nitrogen and oxygen atoms in total. The van der Waals surface area contributed by atoms with E-state index in [2.05, 4.69) is 20.7 Å². The van der Waals surface area contributed by atoms with Crippen molar-refractivity contribution < 1.29 is 4.79 Å². The van der Waals surface area contributed by atoms with E-state index in [1.807, 2.05) is 18.7 Å². The van der Waals surface area contributed by atoms with Gasteiger partial charge in [-0.25, -0.2) is 10.8 Å². The number of hydrazine groups is 1. The summed E-state index contributed by atoms with van der Waals surface area (Å²) >= 11 is 0. The summed E-state index contributed by atoms with van der Waals surface area (Å²) < 4.78 is 0. The molecule has 7 heteroatoms. The molecule has 2 heterocycles. The average molecular weight is 236 g/mol. The number of aromatic nitrogens is 2. The van der Waals surface area contributed by atoms with Crippen molar-refractivity contribution in [1.29, 1.82) is 0 Å².